The molecule has 0 aromatic heterocycles. The van der Waals surface area contributed by atoms with Crippen LogP contribution in [0, 0.1) is 0 Å². The molecule has 2 nitrogen and oxygen atoms in total. The average Bonchev–Trinajstić information content (AvgIpc) is 3.11. The molecule has 0 bridgehead atoms. The molecule has 0 fully saturated rings. The molecule has 0 saturated carbocycles. The zero-order chi connectivity index (χ0) is 33.6. The Morgan fingerprint density at radius 3 is 1.28 bits per heavy atom. The lowest BCUT2D eigenvalue weighted by Crippen LogP contribution is -1.97. The van der Waals surface area contributed by atoms with Crippen molar-refractivity contribution >= 4 is 15.9 Å². The van der Waals surface area contributed by atoms with Crippen molar-refractivity contribution in [3.8, 4) is 11.5 Å². The van der Waals surface area contributed by atoms with Crippen molar-refractivity contribution in [2.45, 2.75) is 117 Å². The zero-order valence-corrected chi connectivity index (χ0v) is 30.9. The molecule has 0 aliphatic heterocycles. The zero-order valence-electron chi connectivity index (χ0n) is 29.4. The first-order valence-corrected chi connectivity index (χ1v) is 19.4. The lowest BCUT2D eigenvalue weighted by molar-refractivity contribution is 0.304. The molecule has 0 heterocycles. The number of alkyl halides is 1. The number of hydrogen-bond donors (Lipinski definition) is 1. The van der Waals surface area contributed by atoms with Crippen molar-refractivity contribution in [1.82, 2.24) is 0 Å². The van der Waals surface area contributed by atoms with Crippen LogP contribution in [0.4, 0.5) is 0 Å². The van der Waals surface area contributed by atoms with Gasteiger partial charge in [-0.1, -0.05) is 192 Å². The van der Waals surface area contributed by atoms with Crippen molar-refractivity contribution in [1.29, 1.82) is 0 Å². The van der Waals surface area contributed by atoms with Crippen LogP contribution in [0.5, 0.6) is 11.5 Å². The summed E-state index contributed by atoms with van der Waals surface area (Å²) in [5.41, 5.74) is 5.19. The topological polar surface area (TPSA) is 29.5 Å². The number of ether oxygens (including phenoxy) is 1. The monoisotopic (exact) mass is 700 g/mol. The van der Waals surface area contributed by atoms with E-state index in [4.69, 9.17) is 9.84 Å². The standard InChI is InChI=1S/C22H30O.C13H12O.C9H19Br/c1-2-3-4-5-6-7-11-18-23-22-16-14-21(15-17-22)19-20-12-9-8-10-13-20;14-13-8-6-12(7-9-13)10-11-4-2-1-3-5-11;1-2-3-4-5-6-7-8-9-10/h8-10,12-17H,2-7,11,18-19H2,1H3;1-9,14H,10H2;2-9H2,1H3. The van der Waals surface area contributed by atoms with Gasteiger partial charge >= 0.3 is 0 Å². The molecule has 4 aromatic carbocycles. The summed E-state index contributed by atoms with van der Waals surface area (Å²) in [5, 5.41) is 10.3. The molecule has 47 heavy (non-hydrogen) atoms. The van der Waals surface area contributed by atoms with Crippen LogP contribution in [0.15, 0.2) is 109 Å². The Hall–Kier alpha value is -3.04. The summed E-state index contributed by atoms with van der Waals surface area (Å²) in [6.07, 6.45) is 21.0. The lowest BCUT2D eigenvalue weighted by Gasteiger charge is -2.07. The third-order valence-electron chi connectivity index (χ3n) is 8.12. The normalized spacial score (nSPS) is 10.4. The Bertz CT molecular complexity index is 1220. The fourth-order valence-corrected chi connectivity index (χ4v) is 5.68. The van der Waals surface area contributed by atoms with Crippen molar-refractivity contribution < 1.29 is 9.84 Å². The van der Waals surface area contributed by atoms with Gasteiger partial charge in [0, 0.05) is 5.33 Å². The van der Waals surface area contributed by atoms with Crippen molar-refractivity contribution in [3.05, 3.63) is 131 Å². The van der Waals surface area contributed by atoms with Crippen LogP contribution < -0.4 is 4.74 Å². The van der Waals surface area contributed by atoms with E-state index in [1.54, 1.807) is 12.1 Å². The molecule has 0 radical (unpaired) electrons. The van der Waals surface area contributed by atoms with Crippen molar-refractivity contribution in [3.63, 3.8) is 0 Å². The van der Waals surface area contributed by atoms with Crippen LogP contribution in [-0.4, -0.2) is 17.0 Å². The molecule has 0 saturated heterocycles. The van der Waals surface area contributed by atoms with E-state index in [9.17, 15) is 0 Å². The number of halogens is 1. The van der Waals surface area contributed by atoms with E-state index in [-0.39, 0.29) is 0 Å². The second kappa shape index (κ2) is 28.0. The second-order valence-corrected chi connectivity index (χ2v) is 13.2. The maximum Gasteiger partial charge on any atom is 0.119 e. The molecule has 0 unspecified atom stereocenters. The van der Waals surface area contributed by atoms with E-state index < -0.39 is 0 Å². The predicted molar refractivity (Wildman–Crippen MR) is 208 cm³/mol. The Morgan fingerprint density at radius 1 is 0.447 bits per heavy atom. The van der Waals surface area contributed by atoms with Crippen LogP contribution in [0.3, 0.4) is 0 Å². The van der Waals surface area contributed by atoms with Crippen LogP contribution in [0.2, 0.25) is 0 Å². The number of unbranched alkanes of at least 4 members (excludes halogenated alkanes) is 12. The summed E-state index contributed by atoms with van der Waals surface area (Å²) in [7, 11) is 0. The van der Waals surface area contributed by atoms with Crippen LogP contribution >= 0.6 is 15.9 Å². The molecule has 4 aromatic rings. The molecule has 0 amide bonds. The first kappa shape index (κ1) is 40.1. The lowest BCUT2D eigenvalue weighted by atomic mass is 10.1. The number of rotatable bonds is 20. The highest BCUT2D eigenvalue weighted by atomic mass is 79.9. The van der Waals surface area contributed by atoms with Gasteiger partial charge in [0.05, 0.1) is 6.61 Å². The number of phenolic OH excluding ortho intramolecular Hbond substituents is 1. The van der Waals surface area contributed by atoms with Gasteiger partial charge in [0.1, 0.15) is 11.5 Å². The fraction of sp³-hybridized carbons (Fsp3) is 0.455. The Kier molecular flexibility index (Phi) is 23.9. The summed E-state index contributed by atoms with van der Waals surface area (Å²) in [4.78, 5) is 0. The predicted octanol–water partition coefficient (Wildman–Crippen LogP) is 13.5. The number of aromatic hydroxyl groups is 1. The molecule has 0 aliphatic rings. The van der Waals surface area contributed by atoms with Gasteiger partial charge in [-0.05, 0) is 72.2 Å². The van der Waals surface area contributed by atoms with Gasteiger partial charge in [-0.2, -0.15) is 0 Å². The maximum absolute atomic E-state index is 9.12. The van der Waals surface area contributed by atoms with E-state index in [0.29, 0.717) is 5.75 Å². The van der Waals surface area contributed by atoms with E-state index >= 15 is 0 Å². The average molecular weight is 702 g/mol. The van der Waals surface area contributed by atoms with Gasteiger partial charge in [0.25, 0.3) is 0 Å². The van der Waals surface area contributed by atoms with Crippen molar-refractivity contribution in [2.24, 2.45) is 0 Å². The minimum atomic E-state index is 0.321. The molecular weight excluding hydrogens is 640 g/mol. The Morgan fingerprint density at radius 2 is 0.830 bits per heavy atom. The van der Waals surface area contributed by atoms with Crippen LogP contribution in [0.25, 0.3) is 0 Å². The van der Waals surface area contributed by atoms with E-state index in [1.807, 2.05) is 30.3 Å². The molecule has 4 rings (SSSR count). The van der Waals surface area contributed by atoms with Gasteiger partial charge in [-0.25, -0.2) is 0 Å². The summed E-state index contributed by atoms with van der Waals surface area (Å²) < 4.78 is 5.84. The van der Waals surface area contributed by atoms with Gasteiger partial charge in [-0.3, -0.25) is 0 Å². The number of benzene rings is 4. The largest absolute Gasteiger partial charge is 0.508 e. The number of phenols is 1. The summed E-state index contributed by atoms with van der Waals surface area (Å²) in [6, 6.07) is 36.8. The minimum Gasteiger partial charge on any atom is -0.508 e. The molecule has 0 atom stereocenters. The minimum absolute atomic E-state index is 0.321. The highest BCUT2D eigenvalue weighted by Gasteiger charge is 1.99. The molecule has 0 aliphatic carbocycles. The SMILES string of the molecule is CCCCCCCCCBr.CCCCCCCCCOc1ccc(Cc2ccccc2)cc1.Oc1ccc(Cc2ccccc2)cc1. The summed E-state index contributed by atoms with van der Waals surface area (Å²) in [5.74, 6) is 1.31. The molecule has 0 spiro atoms. The Labute approximate surface area is 296 Å². The molecule has 3 heteroatoms. The molecular formula is C44H61BrO2. The first-order valence-electron chi connectivity index (χ1n) is 18.3. The number of hydrogen-bond acceptors (Lipinski definition) is 2. The second-order valence-electron chi connectivity index (χ2n) is 12.4. The van der Waals surface area contributed by atoms with Crippen molar-refractivity contribution in [2.75, 3.05) is 11.9 Å². The van der Waals surface area contributed by atoms with Crippen LogP contribution in [-0.2, 0) is 12.8 Å². The van der Waals surface area contributed by atoms with E-state index in [2.05, 4.69) is 96.5 Å². The fourth-order valence-electron chi connectivity index (χ4n) is 5.28. The highest BCUT2D eigenvalue weighted by Crippen LogP contribution is 2.17. The third-order valence-corrected chi connectivity index (χ3v) is 8.68. The smallest absolute Gasteiger partial charge is 0.119 e. The highest BCUT2D eigenvalue weighted by molar-refractivity contribution is 9.09. The van der Waals surface area contributed by atoms with E-state index in [1.165, 1.54) is 111 Å². The van der Waals surface area contributed by atoms with Gasteiger partial charge in [0.2, 0.25) is 0 Å². The first-order chi connectivity index (χ1) is 23.1. The van der Waals surface area contributed by atoms with Gasteiger partial charge < -0.3 is 9.84 Å². The van der Waals surface area contributed by atoms with Gasteiger partial charge in [-0.15, -0.1) is 0 Å². The van der Waals surface area contributed by atoms with Gasteiger partial charge in [0.15, 0.2) is 0 Å². The quantitative estimate of drug-likeness (QED) is 0.0734. The van der Waals surface area contributed by atoms with E-state index in [0.717, 1.165) is 31.6 Å². The third kappa shape index (κ3) is 21.5. The summed E-state index contributed by atoms with van der Waals surface area (Å²) in [6.45, 7) is 5.36. The Balaban J connectivity index is 0.000000272. The van der Waals surface area contributed by atoms with Crippen LogP contribution in [0.1, 0.15) is 126 Å². The summed E-state index contributed by atoms with van der Waals surface area (Å²) >= 11 is 3.43. The molecule has 1 N–H and O–H groups in total. The maximum atomic E-state index is 9.12. The molecule has 256 valence electrons.